The normalized spacial score (nSPS) is 22.8. The van der Waals surface area contributed by atoms with Crippen LogP contribution in [0.1, 0.15) is 31.4 Å². The van der Waals surface area contributed by atoms with Crippen LogP contribution in [0.2, 0.25) is 0 Å². The number of methoxy groups -OCH3 is 1. The zero-order valence-electron chi connectivity index (χ0n) is 23.7. The van der Waals surface area contributed by atoms with E-state index in [9.17, 15) is 9.59 Å². The molecule has 0 unspecified atom stereocenters. The summed E-state index contributed by atoms with van der Waals surface area (Å²) in [5.41, 5.74) is 0.483. The molecule has 3 aromatic heterocycles. The minimum Gasteiger partial charge on any atom is -0.379 e. The van der Waals surface area contributed by atoms with Crippen LogP contribution in [-0.4, -0.2) is 57.3 Å². The first kappa shape index (κ1) is 15.5. The van der Waals surface area contributed by atoms with Gasteiger partial charge in [-0.05, 0) is 37.1 Å². The second-order valence-electron chi connectivity index (χ2n) is 7.66. The van der Waals surface area contributed by atoms with E-state index >= 15 is 0 Å². The van der Waals surface area contributed by atoms with Gasteiger partial charge in [0.2, 0.25) is 0 Å². The quantitative estimate of drug-likeness (QED) is 0.450. The third-order valence-electron chi connectivity index (χ3n) is 5.69. The molecule has 2 atom stereocenters. The molecule has 1 aliphatic heterocycles. The van der Waals surface area contributed by atoms with Gasteiger partial charge in [-0.25, -0.2) is 14.8 Å². The second kappa shape index (κ2) is 8.89. The summed E-state index contributed by atoms with van der Waals surface area (Å²) in [7, 11) is -2.59. The van der Waals surface area contributed by atoms with Crippen LogP contribution in [0.25, 0.3) is 5.65 Å². The molecule has 2 aliphatic rings. The molecule has 1 aliphatic carbocycles. The van der Waals surface area contributed by atoms with Crippen molar-refractivity contribution >= 4 is 29.1 Å². The molecule has 0 radical (unpaired) electrons. The molecule has 34 heavy (non-hydrogen) atoms. The van der Waals surface area contributed by atoms with Crippen molar-refractivity contribution < 1.29 is 22.6 Å². The van der Waals surface area contributed by atoms with Gasteiger partial charge in [-0.2, -0.15) is 9.61 Å². The maximum atomic E-state index is 13.2. The molecule has 5 rings (SSSR count). The van der Waals surface area contributed by atoms with Crippen molar-refractivity contribution in [2.45, 2.75) is 25.0 Å². The van der Waals surface area contributed by atoms with Crippen molar-refractivity contribution in [3.05, 3.63) is 72.1 Å². The molecule has 11 heteroatoms. The van der Waals surface area contributed by atoms with Crippen LogP contribution < -0.4 is 21.0 Å². The smallest absolute Gasteiger partial charge is 0.257 e. The number of anilines is 2. The highest BCUT2D eigenvalue weighted by molar-refractivity contribution is 6.00. The van der Waals surface area contributed by atoms with Crippen molar-refractivity contribution in [2.75, 3.05) is 29.7 Å². The number of nitrogens with zero attached hydrogens (tertiary/aromatic N) is 5. The number of aromatic nitrogens is 4. The molecule has 174 valence electrons. The SMILES string of the molecule is [2H]C([2H])([2H])Nc1cc(NC2=CC=CN(n3cccc3)C2=C=O)nc2c(C(=O)N[C@@H]3CC[C@H]3OC([2H])([2H])[2H])cnn12. The Balaban J connectivity index is 1.46. The zero-order valence-corrected chi connectivity index (χ0v) is 17.7. The molecule has 0 aromatic carbocycles. The minimum absolute atomic E-state index is 0.00431. The van der Waals surface area contributed by atoms with Crippen molar-refractivity contribution in [3.8, 4) is 0 Å². The highest BCUT2D eigenvalue weighted by atomic mass is 16.5. The van der Waals surface area contributed by atoms with Crippen LogP contribution in [0, 0.1) is 0 Å². The number of carbonyl (C=O) groups excluding carboxylic acids is 2. The number of fused-ring (bicyclic) bond motifs is 1. The lowest BCUT2D eigenvalue weighted by molar-refractivity contribution is 0.00732. The van der Waals surface area contributed by atoms with E-state index in [2.05, 4.69) is 26.0 Å². The van der Waals surface area contributed by atoms with Gasteiger partial charge in [-0.15, -0.1) is 0 Å². The molecule has 3 N–H and O–H groups in total. The number of amides is 1. The maximum Gasteiger partial charge on any atom is 0.257 e. The minimum atomic E-state index is -2.60. The summed E-state index contributed by atoms with van der Waals surface area (Å²) in [6, 6.07) is 4.43. The molecule has 0 spiro atoms. The monoisotopic (exact) mass is 466 g/mol. The van der Waals surface area contributed by atoms with Crippen LogP contribution in [0.3, 0.4) is 0 Å². The van der Waals surface area contributed by atoms with Crippen LogP contribution in [0.4, 0.5) is 11.6 Å². The Bertz CT molecular complexity index is 1540. The Morgan fingerprint density at radius 1 is 1.32 bits per heavy atom. The Morgan fingerprint density at radius 2 is 2.21 bits per heavy atom. The molecule has 1 amide bonds. The fourth-order valence-electron chi connectivity index (χ4n) is 3.80. The molecular formula is C23H24N8O3. The first-order valence-electron chi connectivity index (χ1n) is 13.4. The molecule has 0 saturated heterocycles. The number of hydrogen-bond donors (Lipinski definition) is 3. The highest BCUT2D eigenvalue weighted by Gasteiger charge is 2.33. The average molecular weight is 467 g/mol. The predicted octanol–water partition coefficient (Wildman–Crippen LogP) is 1.66. The number of rotatable bonds is 7. The largest absolute Gasteiger partial charge is 0.379 e. The summed E-state index contributed by atoms with van der Waals surface area (Å²) in [4.78, 5) is 29.6. The van der Waals surface area contributed by atoms with Crippen molar-refractivity contribution in [3.63, 3.8) is 0 Å². The van der Waals surface area contributed by atoms with Crippen molar-refractivity contribution in [1.82, 2.24) is 24.6 Å². The molecule has 3 aromatic rings. The standard InChI is InChI=1S/C23H24N8O3/c1-24-21-12-20(26-16-6-5-11-30(18(16)14-32)29-9-3-4-10-29)28-22-15(13-25-31(21)22)23(33)27-17-7-8-19(17)34-2/h3-6,9-13,17,19,24H,7-8H2,1-2H3,(H,26,28)(H,27,33)/t17-,19-/m1/s1/i1D3,2D3. The van der Waals surface area contributed by atoms with Gasteiger partial charge < -0.3 is 20.7 Å². The average Bonchev–Trinajstić information content (AvgIpc) is 3.54. The molecule has 1 fully saturated rings. The Labute approximate surface area is 203 Å². The molecule has 4 heterocycles. The van der Waals surface area contributed by atoms with E-state index in [1.165, 1.54) is 16.8 Å². The number of ether oxygens (including phenoxy) is 1. The van der Waals surface area contributed by atoms with Gasteiger partial charge in [0, 0.05) is 42.8 Å². The van der Waals surface area contributed by atoms with E-state index in [1.807, 2.05) is 5.94 Å². The summed E-state index contributed by atoms with van der Waals surface area (Å²) in [6.45, 7) is -2.60. The Kier molecular flexibility index (Phi) is 4.05. The van der Waals surface area contributed by atoms with E-state index in [0.29, 0.717) is 18.5 Å². The fraction of sp³-hybridized carbons (Fsp3) is 0.261. The predicted molar refractivity (Wildman–Crippen MR) is 127 cm³/mol. The first-order chi connectivity index (χ1) is 18.9. The number of nitrogens with one attached hydrogen (secondary N) is 3. The molecule has 1 saturated carbocycles. The molecule has 0 bridgehead atoms. The summed E-state index contributed by atoms with van der Waals surface area (Å²) in [5.74, 6) is 1.44. The second-order valence-corrected chi connectivity index (χ2v) is 7.66. The van der Waals surface area contributed by atoms with Gasteiger partial charge in [-0.1, -0.05) is 0 Å². The number of hydrogen-bond acceptors (Lipinski definition) is 8. The Hall–Kier alpha value is -4.34. The lowest BCUT2D eigenvalue weighted by atomic mass is 9.89. The van der Waals surface area contributed by atoms with Gasteiger partial charge in [0.15, 0.2) is 17.3 Å². The van der Waals surface area contributed by atoms with E-state index in [1.54, 1.807) is 52.6 Å². The van der Waals surface area contributed by atoms with Crippen molar-refractivity contribution in [2.24, 2.45) is 0 Å². The van der Waals surface area contributed by atoms with Gasteiger partial charge in [-0.3, -0.25) is 9.47 Å². The van der Waals surface area contributed by atoms with Crippen LogP contribution in [-0.2, 0) is 9.53 Å². The lowest BCUT2D eigenvalue weighted by Crippen LogP contribution is -2.51. The molecular weight excluding hydrogens is 436 g/mol. The van der Waals surface area contributed by atoms with Gasteiger partial charge in [0.05, 0.1) is 28.2 Å². The van der Waals surface area contributed by atoms with E-state index in [0.717, 1.165) is 0 Å². The highest BCUT2D eigenvalue weighted by Crippen LogP contribution is 2.25. The zero-order chi connectivity index (χ0) is 28.7. The van der Waals surface area contributed by atoms with E-state index < -0.39 is 32.1 Å². The summed E-state index contributed by atoms with van der Waals surface area (Å²) in [5, 5.41) is 13.8. The van der Waals surface area contributed by atoms with Gasteiger partial charge in [0.25, 0.3) is 5.91 Å². The fourth-order valence-corrected chi connectivity index (χ4v) is 3.80. The number of allylic oxidation sites excluding steroid dienone is 2. The van der Waals surface area contributed by atoms with E-state index in [4.69, 9.17) is 13.0 Å². The lowest BCUT2D eigenvalue weighted by Gasteiger charge is -2.35. The van der Waals surface area contributed by atoms with Crippen LogP contribution in [0.15, 0.2) is 66.5 Å². The van der Waals surface area contributed by atoms with E-state index in [-0.39, 0.29) is 28.5 Å². The third-order valence-corrected chi connectivity index (χ3v) is 5.69. The van der Waals surface area contributed by atoms with Gasteiger partial charge >= 0.3 is 0 Å². The first-order valence-corrected chi connectivity index (χ1v) is 10.4. The Morgan fingerprint density at radius 3 is 2.94 bits per heavy atom. The summed E-state index contributed by atoms with van der Waals surface area (Å²) < 4.78 is 52.8. The maximum absolute atomic E-state index is 13.2. The van der Waals surface area contributed by atoms with Crippen LogP contribution in [0.5, 0.6) is 0 Å². The number of carbonyl (C=O) groups is 1. The summed E-state index contributed by atoms with van der Waals surface area (Å²) in [6.07, 6.45) is 10.0. The topological polar surface area (TPSA) is 118 Å². The van der Waals surface area contributed by atoms with Gasteiger partial charge in [0.1, 0.15) is 17.2 Å². The molecule has 11 nitrogen and oxygen atoms in total. The van der Waals surface area contributed by atoms with Crippen LogP contribution >= 0.6 is 0 Å². The summed E-state index contributed by atoms with van der Waals surface area (Å²) >= 11 is 0. The third kappa shape index (κ3) is 3.72. The van der Waals surface area contributed by atoms with Crippen molar-refractivity contribution in [1.29, 1.82) is 0 Å².